The van der Waals surface area contributed by atoms with Crippen molar-refractivity contribution in [2.45, 2.75) is 31.1 Å². The zero-order valence-corrected chi connectivity index (χ0v) is 23.2. The highest BCUT2D eigenvalue weighted by Crippen LogP contribution is 2.32. The summed E-state index contributed by atoms with van der Waals surface area (Å²) >= 11 is 0.865. The van der Waals surface area contributed by atoms with Crippen LogP contribution in [0.15, 0.2) is 58.3 Å². The van der Waals surface area contributed by atoms with Crippen molar-refractivity contribution >= 4 is 44.9 Å². The number of ether oxygens (including phenoxy) is 1. The molecule has 0 spiro atoms. The van der Waals surface area contributed by atoms with Crippen LogP contribution in [0.2, 0.25) is 0 Å². The van der Waals surface area contributed by atoms with E-state index in [0.717, 1.165) is 22.2 Å². The van der Waals surface area contributed by atoms with Crippen molar-refractivity contribution in [3.8, 4) is 0 Å². The Labute approximate surface area is 227 Å². The molecule has 0 saturated carbocycles. The van der Waals surface area contributed by atoms with Crippen LogP contribution in [0.5, 0.6) is 0 Å². The van der Waals surface area contributed by atoms with Gasteiger partial charge in [-0.3, -0.25) is 19.3 Å². The molecule has 1 N–H and O–H groups in total. The van der Waals surface area contributed by atoms with E-state index in [1.54, 1.807) is 6.08 Å². The van der Waals surface area contributed by atoms with Crippen molar-refractivity contribution in [2.24, 2.45) is 0 Å². The summed E-state index contributed by atoms with van der Waals surface area (Å²) in [7, 11) is -3.74. The number of rotatable bonds is 7. The number of imide groups is 1. The van der Waals surface area contributed by atoms with Crippen molar-refractivity contribution in [3.05, 3.63) is 70.1 Å². The minimum absolute atomic E-state index is 0.00246. The van der Waals surface area contributed by atoms with E-state index in [9.17, 15) is 22.8 Å². The van der Waals surface area contributed by atoms with Crippen LogP contribution in [0.25, 0.3) is 6.08 Å². The second kappa shape index (κ2) is 11.4. The summed E-state index contributed by atoms with van der Waals surface area (Å²) in [4.78, 5) is 39.4. The van der Waals surface area contributed by atoms with Crippen molar-refractivity contribution in [1.29, 1.82) is 0 Å². The molecular formula is C27H31N3O6S2. The molecule has 2 aromatic carbocycles. The van der Waals surface area contributed by atoms with Crippen LogP contribution in [0, 0.1) is 0 Å². The molecule has 0 aliphatic carbocycles. The molecule has 2 saturated heterocycles. The van der Waals surface area contributed by atoms with Crippen molar-refractivity contribution in [3.63, 3.8) is 0 Å². The van der Waals surface area contributed by atoms with Gasteiger partial charge in [-0.15, -0.1) is 0 Å². The van der Waals surface area contributed by atoms with E-state index in [1.807, 2.05) is 24.3 Å². The Bertz CT molecular complexity index is 1360. The Balaban J connectivity index is 1.35. The molecule has 0 aromatic heterocycles. The smallest absolute Gasteiger partial charge is 0.293 e. The summed E-state index contributed by atoms with van der Waals surface area (Å²) in [5.74, 6) is -0.904. The number of benzene rings is 2. The fourth-order valence-corrected chi connectivity index (χ4v) is 6.36. The molecule has 2 fully saturated rings. The first-order chi connectivity index (χ1) is 18.0. The van der Waals surface area contributed by atoms with Crippen LogP contribution < -0.4 is 5.32 Å². The van der Waals surface area contributed by atoms with Gasteiger partial charge < -0.3 is 10.1 Å². The van der Waals surface area contributed by atoms with Gasteiger partial charge in [0.05, 0.1) is 23.0 Å². The van der Waals surface area contributed by atoms with Crippen LogP contribution in [0.1, 0.15) is 42.3 Å². The monoisotopic (exact) mass is 557 g/mol. The van der Waals surface area contributed by atoms with Gasteiger partial charge in [0, 0.05) is 31.7 Å². The molecule has 9 nitrogen and oxygen atoms in total. The van der Waals surface area contributed by atoms with Crippen molar-refractivity contribution < 1.29 is 27.5 Å². The van der Waals surface area contributed by atoms with Gasteiger partial charge >= 0.3 is 0 Å². The fourth-order valence-electron chi connectivity index (χ4n) is 4.04. The van der Waals surface area contributed by atoms with Crippen LogP contribution >= 0.6 is 11.8 Å². The summed E-state index contributed by atoms with van der Waals surface area (Å²) in [6, 6.07) is 13.7. The lowest BCUT2D eigenvalue weighted by atomic mass is 9.87. The predicted molar refractivity (Wildman–Crippen MR) is 146 cm³/mol. The zero-order chi connectivity index (χ0) is 27.5. The summed E-state index contributed by atoms with van der Waals surface area (Å²) in [6.07, 6.45) is 1.69. The Morgan fingerprint density at radius 2 is 1.76 bits per heavy atom. The average molecular weight is 558 g/mol. The molecule has 11 heteroatoms. The number of morpholine rings is 1. The minimum atomic E-state index is -3.74. The molecule has 2 aliphatic heterocycles. The van der Waals surface area contributed by atoms with E-state index in [4.69, 9.17) is 4.74 Å². The first-order valence-electron chi connectivity index (χ1n) is 12.3. The summed E-state index contributed by atoms with van der Waals surface area (Å²) < 4.78 is 32.3. The van der Waals surface area contributed by atoms with Gasteiger partial charge in [-0.25, -0.2) is 8.42 Å². The molecule has 202 valence electrons. The molecule has 0 radical (unpaired) electrons. The number of hydrogen-bond acceptors (Lipinski definition) is 7. The molecule has 38 heavy (non-hydrogen) atoms. The molecule has 4 rings (SSSR count). The van der Waals surface area contributed by atoms with Gasteiger partial charge in [-0.05, 0) is 52.6 Å². The second-order valence-corrected chi connectivity index (χ2v) is 12.9. The third kappa shape index (κ3) is 6.35. The predicted octanol–water partition coefficient (Wildman–Crippen LogP) is 3.47. The van der Waals surface area contributed by atoms with Gasteiger partial charge in [0.25, 0.3) is 17.1 Å². The van der Waals surface area contributed by atoms with Crippen LogP contribution in [0.4, 0.5) is 4.79 Å². The molecule has 2 heterocycles. The first-order valence-corrected chi connectivity index (χ1v) is 14.5. The number of amides is 3. The Morgan fingerprint density at radius 1 is 1.08 bits per heavy atom. The second-order valence-electron chi connectivity index (χ2n) is 10.0. The van der Waals surface area contributed by atoms with E-state index >= 15 is 0 Å². The van der Waals surface area contributed by atoms with Crippen molar-refractivity contribution in [2.75, 3.05) is 39.4 Å². The van der Waals surface area contributed by atoms with E-state index < -0.39 is 27.1 Å². The van der Waals surface area contributed by atoms with Crippen molar-refractivity contribution in [1.82, 2.24) is 14.5 Å². The molecule has 2 aromatic rings. The standard InChI is InChI=1S/C27H31N3O6S2/c1-27(2,3)21-9-7-19(8-10-21)17-23-25(32)30(26(33)37-23)12-11-28-24(31)20-5-4-6-22(18-20)38(34,35)29-13-15-36-16-14-29/h4-10,17-18H,11-16H2,1-3H3,(H,28,31)/b23-17-. The van der Waals surface area contributed by atoms with E-state index in [2.05, 4.69) is 26.1 Å². The SMILES string of the molecule is CC(C)(C)c1ccc(/C=C2\SC(=O)N(CCNC(=O)c3cccc(S(=O)(=O)N4CCOCC4)c3)C2=O)cc1. The maximum atomic E-state index is 12.9. The largest absolute Gasteiger partial charge is 0.379 e. The van der Waals surface area contributed by atoms with Crippen LogP contribution in [-0.4, -0.2) is 74.1 Å². The summed E-state index contributed by atoms with van der Waals surface area (Å²) in [5, 5.41) is 2.27. The van der Waals surface area contributed by atoms with E-state index in [-0.39, 0.29) is 42.1 Å². The molecule has 3 amide bonds. The molecule has 0 atom stereocenters. The number of nitrogens with one attached hydrogen (secondary N) is 1. The number of sulfonamides is 1. The van der Waals surface area contributed by atoms with Gasteiger partial charge in [0.2, 0.25) is 10.0 Å². The number of hydrogen-bond donors (Lipinski definition) is 1. The maximum absolute atomic E-state index is 12.9. The summed E-state index contributed by atoms with van der Waals surface area (Å²) in [5.41, 5.74) is 2.18. The molecule has 2 aliphatic rings. The van der Waals surface area contributed by atoms with Gasteiger partial charge in [-0.1, -0.05) is 51.1 Å². The van der Waals surface area contributed by atoms with E-state index in [0.29, 0.717) is 18.1 Å². The van der Waals surface area contributed by atoms with Crippen LogP contribution in [-0.2, 0) is 25.0 Å². The normalized spacial score (nSPS) is 18.3. The highest BCUT2D eigenvalue weighted by Gasteiger charge is 2.34. The minimum Gasteiger partial charge on any atom is -0.379 e. The average Bonchev–Trinajstić information content (AvgIpc) is 3.16. The lowest BCUT2D eigenvalue weighted by Gasteiger charge is -2.26. The molecule has 0 bridgehead atoms. The topological polar surface area (TPSA) is 113 Å². The van der Waals surface area contributed by atoms with Gasteiger partial charge in [0.15, 0.2) is 0 Å². The highest BCUT2D eigenvalue weighted by atomic mass is 32.2. The maximum Gasteiger partial charge on any atom is 0.293 e. The fraction of sp³-hybridized carbons (Fsp3) is 0.370. The number of carbonyl (C=O) groups is 3. The third-order valence-corrected chi connectivity index (χ3v) is 9.08. The zero-order valence-electron chi connectivity index (χ0n) is 21.6. The quantitative estimate of drug-likeness (QED) is 0.519. The Hall–Kier alpha value is -2.99. The Morgan fingerprint density at radius 3 is 2.42 bits per heavy atom. The van der Waals surface area contributed by atoms with Gasteiger partial charge in [0.1, 0.15) is 0 Å². The first kappa shape index (κ1) is 28.0. The highest BCUT2D eigenvalue weighted by molar-refractivity contribution is 8.18. The molecular weight excluding hydrogens is 526 g/mol. The number of nitrogens with zero attached hydrogens (tertiary/aromatic N) is 2. The van der Waals surface area contributed by atoms with Crippen LogP contribution in [0.3, 0.4) is 0 Å². The van der Waals surface area contributed by atoms with Gasteiger partial charge in [-0.2, -0.15) is 4.31 Å². The lowest BCUT2D eigenvalue weighted by molar-refractivity contribution is -0.122. The number of thioether (sulfide) groups is 1. The Kier molecular flexibility index (Phi) is 8.41. The number of carbonyl (C=O) groups excluding carboxylic acids is 3. The third-order valence-electron chi connectivity index (χ3n) is 6.27. The van der Waals surface area contributed by atoms with E-state index in [1.165, 1.54) is 34.1 Å². The summed E-state index contributed by atoms with van der Waals surface area (Å²) in [6.45, 7) is 7.56. The lowest BCUT2D eigenvalue weighted by Crippen LogP contribution is -2.40. The molecule has 0 unspecified atom stereocenters.